The average molecular weight is 285 g/mol. The molecule has 0 aliphatic rings. The van der Waals surface area contributed by atoms with Crippen molar-refractivity contribution < 1.29 is 19.5 Å². The maximum Gasteiger partial charge on any atom is 0.355 e. The van der Waals surface area contributed by atoms with Crippen molar-refractivity contribution in [2.45, 2.75) is 6.92 Å². The third-order valence-corrected chi connectivity index (χ3v) is 3.32. The zero-order valence-electron chi connectivity index (χ0n) is 10.8. The van der Waals surface area contributed by atoms with Crippen LogP contribution < -0.4 is 5.32 Å². The van der Waals surface area contributed by atoms with Crippen molar-refractivity contribution in [3.05, 3.63) is 16.1 Å². The molecule has 0 bridgehead atoms. The standard InChI is InChI=1S/C11H15N3O4S/c1-6(8(15)12-2)4-14(3)10(16)9-13-7(5-19-9)11(17)18/h5-6H,4H2,1-3H3,(H,12,15)(H,17,18). The summed E-state index contributed by atoms with van der Waals surface area (Å²) >= 11 is 0.972. The van der Waals surface area contributed by atoms with E-state index in [1.165, 1.54) is 17.3 Å². The summed E-state index contributed by atoms with van der Waals surface area (Å²) in [5.41, 5.74) is -0.152. The number of carbonyl (C=O) groups is 3. The summed E-state index contributed by atoms with van der Waals surface area (Å²) in [6.45, 7) is 1.94. The second-order valence-electron chi connectivity index (χ2n) is 4.04. The SMILES string of the molecule is CNC(=O)C(C)CN(C)C(=O)c1nc(C(=O)O)cs1. The van der Waals surface area contributed by atoms with E-state index in [0.717, 1.165) is 11.3 Å². The molecule has 8 heteroatoms. The molecule has 1 rings (SSSR count). The van der Waals surface area contributed by atoms with E-state index < -0.39 is 11.9 Å². The highest BCUT2D eigenvalue weighted by molar-refractivity contribution is 7.11. The van der Waals surface area contributed by atoms with E-state index >= 15 is 0 Å². The molecule has 0 saturated carbocycles. The monoisotopic (exact) mass is 285 g/mol. The van der Waals surface area contributed by atoms with Crippen molar-refractivity contribution in [2.24, 2.45) is 5.92 Å². The number of aromatic nitrogens is 1. The second-order valence-corrected chi connectivity index (χ2v) is 4.90. The molecule has 1 heterocycles. The van der Waals surface area contributed by atoms with E-state index in [9.17, 15) is 14.4 Å². The van der Waals surface area contributed by atoms with Crippen molar-refractivity contribution >= 4 is 29.1 Å². The van der Waals surface area contributed by atoms with Gasteiger partial charge in [0, 0.05) is 26.0 Å². The summed E-state index contributed by atoms with van der Waals surface area (Å²) < 4.78 is 0. The molecule has 2 N–H and O–H groups in total. The van der Waals surface area contributed by atoms with Crippen molar-refractivity contribution in [2.75, 3.05) is 20.6 Å². The maximum atomic E-state index is 12.0. The molecule has 0 spiro atoms. The smallest absolute Gasteiger partial charge is 0.355 e. The molecular weight excluding hydrogens is 270 g/mol. The van der Waals surface area contributed by atoms with Crippen LogP contribution in [0.4, 0.5) is 0 Å². The summed E-state index contributed by atoms with van der Waals surface area (Å²) in [4.78, 5) is 39.1. The predicted octanol–water partition coefficient (Wildman–Crippen LogP) is 0.295. The van der Waals surface area contributed by atoms with Crippen LogP contribution in [0.3, 0.4) is 0 Å². The molecule has 1 aromatic heterocycles. The number of carboxylic acid groups (broad SMARTS) is 1. The van der Waals surface area contributed by atoms with Crippen LogP contribution in [0.25, 0.3) is 0 Å². The molecule has 0 saturated heterocycles. The molecule has 2 amide bonds. The van der Waals surface area contributed by atoms with Crippen molar-refractivity contribution in [3.63, 3.8) is 0 Å². The van der Waals surface area contributed by atoms with Crippen LogP contribution in [-0.2, 0) is 4.79 Å². The third-order valence-electron chi connectivity index (χ3n) is 2.49. The van der Waals surface area contributed by atoms with Gasteiger partial charge in [-0.15, -0.1) is 11.3 Å². The molecular formula is C11H15N3O4S. The number of carboxylic acids is 1. The van der Waals surface area contributed by atoms with E-state index in [4.69, 9.17) is 5.11 Å². The lowest BCUT2D eigenvalue weighted by molar-refractivity contribution is -0.124. The van der Waals surface area contributed by atoms with Gasteiger partial charge in [-0.25, -0.2) is 9.78 Å². The number of aromatic carboxylic acids is 1. The first-order valence-electron chi connectivity index (χ1n) is 5.52. The van der Waals surface area contributed by atoms with E-state index in [2.05, 4.69) is 10.3 Å². The lowest BCUT2D eigenvalue weighted by Crippen LogP contribution is -2.37. The Morgan fingerprint density at radius 3 is 2.63 bits per heavy atom. The Bertz CT molecular complexity index is 500. The van der Waals surface area contributed by atoms with Gasteiger partial charge in [0.25, 0.3) is 5.91 Å². The van der Waals surface area contributed by atoms with Gasteiger partial charge in [0.05, 0.1) is 5.92 Å². The molecule has 1 atom stereocenters. The van der Waals surface area contributed by atoms with Gasteiger partial charge in [0.1, 0.15) is 0 Å². The Morgan fingerprint density at radius 1 is 1.53 bits per heavy atom. The van der Waals surface area contributed by atoms with Gasteiger partial charge in [-0.1, -0.05) is 6.92 Å². The van der Waals surface area contributed by atoms with Gasteiger partial charge in [0.2, 0.25) is 5.91 Å². The lowest BCUT2D eigenvalue weighted by Gasteiger charge is -2.19. The molecule has 1 unspecified atom stereocenters. The molecule has 7 nitrogen and oxygen atoms in total. The van der Waals surface area contributed by atoms with E-state index in [-0.39, 0.29) is 29.1 Å². The molecule has 0 fully saturated rings. The highest BCUT2D eigenvalue weighted by atomic mass is 32.1. The van der Waals surface area contributed by atoms with Gasteiger partial charge in [-0.05, 0) is 0 Å². The number of rotatable bonds is 5. The highest BCUT2D eigenvalue weighted by Crippen LogP contribution is 2.12. The summed E-state index contributed by atoms with van der Waals surface area (Å²) in [6.07, 6.45) is 0. The summed E-state index contributed by atoms with van der Waals surface area (Å²) in [7, 11) is 3.07. The first-order chi connectivity index (χ1) is 8.86. The van der Waals surface area contributed by atoms with Crippen molar-refractivity contribution in [1.29, 1.82) is 0 Å². The van der Waals surface area contributed by atoms with Crippen LogP contribution in [0.1, 0.15) is 27.2 Å². The Kier molecular flexibility index (Phi) is 4.99. The summed E-state index contributed by atoms with van der Waals surface area (Å²) in [5.74, 6) is -2.08. The Morgan fingerprint density at radius 2 is 2.16 bits per heavy atom. The quantitative estimate of drug-likeness (QED) is 0.810. The number of nitrogens with zero attached hydrogens (tertiary/aromatic N) is 2. The molecule has 0 radical (unpaired) electrons. The van der Waals surface area contributed by atoms with Gasteiger partial charge >= 0.3 is 5.97 Å². The highest BCUT2D eigenvalue weighted by Gasteiger charge is 2.21. The van der Waals surface area contributed by atoms with Gasteiger partial charge < -0.3 is 15.3 Å². The maximum absolute atomic E-state index is 12.0. The van der Waals surface area contributed by atoms with Crippen molar-refractivity contribution in [1.82, 2.24) is 15.2 Å². The molecule has 1 aromatic rings. The van der Waals surface area contributed by atoms with Gasteiger partial charge in [-0.2, -0.15) is 0 Å². The third kappa shape index (κ3) is 3.75. The first-order valence-corrected chi connectivity index (χ1v) is 6.40. The topological polar surface area (TPSA) is 99.6 Å². The van der Waals surface area contributed by atoms with Crippen LogP contribution in [0, 0.1) is 5.92 Å². The van der Waals surface area contributed by atoms with Crippen LogP contribution in [0.15, 0.2) is 5.38 Å². The minimum absolute atomic E-state index is 0.101. The molecule has 19 heavy (non-hydrogen) atoms. The summed E-state index contributed by atoms with van der Waals surface area (Å²) in [5, 5.41) is 12.6. The fraction of sp³-hybridized carbons (Fsp3) is 0.455. The number of carbonyl (C=O) groups excluding carboxylic acids is 2. The summed E-state index contributed by atoms with van der Waals surface area (Å²) in [6, 6.07) is 0. The Hall–Kier alpha value is -1.96. The average Bonchev–Trinajstić information content (AvgIpc) is 2.86. The fourth-order valence-electron chi connectivity index (χ4n) is 1.46. The zero-order valence-corrected chi connectivity index (χ0v) is 11.7. The number of hydrogen-bond acceptors (Lipinski definition) is 5. The molecule has 104 valence electrons. The molecule has 0 aromatic carbocycles. The minimum atomic E-state index is -1.17. The van der Waals surface area contributed by atoms with Crippen LogP contribution in [0.2, 0.25) is 0 Å². The Labute approximate surface area is 114 Å². The van der Waals surface area contributed by atoms with Gasteiger partial charge in [-0.3, -0.25) is 9.59 Å². The van der Waals surface area contributed by atoms with Crippen LogP contribution >= 0.6 is 11.3 Å². The second kappa shape index (κ2) is 6.28. The fourth-order valence-corrected chi connectivity index (χ4v) is 2.24. The molecule has 0 aliphatic heterocycles. The Balaban J connectivity index is 2.71. The van der Waals surface area contributed by atoms with Crippen LogP contribution in [-0.4, -0.2) is 53.4 Å². The first kappa shape index (κ1) is 15.1. The van der Waals surface area contributed by atoms with Gasteiger partial charge in [0.15, 0.2) is 10.7 Å². The van der Waals surface area contributed by atoms with E-state index in [1.807, 2.05) is 0 Å². The number of nitrogens with one attached hydrogen (secondary N) is 1. The number of amides is 2. The van der Waals surface area contributed by atoms with E-state index in [0.29, 0.717) is 0 Å². The number of thiazole rings is 1. The zero-order chi connectivity index (χ0) is 14.6. The number of hydrogen-bond donors (Lipinski definition) is 2. The molecule has 0 aliphatic carbocycles. The van der Waals surface area contributed by atoms with Crippen molar-refractivity contribution in [3.8, 4) is 0 Å². The predicted molar refractivity (Wildman–Crippen MR) is 69.3 cm³/mol. The van der Waals surface area contributed by atoms with Crippen LogP contribution in [0.5, 0.6) is 0 Å². The normalized spacial score (nSPS) is 11.7. The minimum Gasteiger partial charge on any atom is -0.476 e. The largest absolute Gasteiger partial charge is 0.476 e. The van der Waals surface area contributed by atoms with E-state index in [1.54, 1.807) is 14.0 Å². The lowest BCUT2D eigenvalue weighted by atomic mass is 10.1.